The molecule has 0 atom stereocenters. The Labute approximate surface area is 120 Å². The summed E-state index contributed by atoms with van der Waals surface area (Å²) in [6.07, 6.45) is 1.34. The van der Waals surface area contributed by atoms with Crippen LogP contribution in [-0.4, -0.2) is 40.4 Å². The van der Waals surface area contributed by atoms with Crippen LogP contribution in [0.2, 0.25) is 0 Å². The van der Waals surface area contributed by atoms with Crippen molar-refractivity contribution in [2.75, 3.05) is 19.5 Å². The van der Waals surface area contributed by atoms with Gasteiger partial charge in [0.25, 0.3) is 5.82 Å². The van der Waals surface area contributed by atoms with E-state index < -0.39 is 11.9 Å². The molecule has 1 heterocycles. The lowest BCUT2D eigenvalue weighted by molar-refractivity contribution is 0.0525. The highest BCUT2D eigenvalue weighted by Crippen LogP contribution is 2.18. The number of esters is 2. The molecule has 2 rings (SSSR count). The number of nitrogens with two attached hydrogens (primary N) is 1. The molecule has 0 bridgehead atoms. The Kier molecular flexibility index (Phi) is 4.17. The van der Waals surface area contributed by atoms with E-state index in [9.17, 15) is 9.59 Å². The van der Waals surface area contributed by atoms with E-state index in [2.05, 4.69) is 14.8 Å². The number of aromatic nitrogens is 3. The largest absolute Gasteiger partial charge is 0.463 e. The Morgan fingerprint density at radius 3 is 2.71 bits per heavy atom. The third-order valence-electron chi connectivity index (χ3n) is 2.65. The van der Waals surface area contributed by atoms with Gasteiger partial charge in [-0.2, -0.15) is 0 Å². The molecule has 8 nitrogen and oxygen atoms in total. The van der Waals surface area contributed by atoms with Gasteiger partial charge in [0.05, 0.1) is 30.7 Å². The summed E-state index contributed by atoms with van der Waals surface area (Å²) in [6.45, 7) is 2.01. The molecule has 1 aromatic heterocycles. The molecule has 0 aliphatic rings. The molecule has 0 aliphatic heterocycles. The maximum Gasteiger partial charge on any atom is 0.377 e. The number of ether oxygens (including phenoxy) is 2. The van der Waals surface area contributed by atoms with Gasteiger partial charge in [0.15, 0.2) is 0 Å². The Balaban J connectivity index is 2.31. The molecule has 0 unspecified atom stereocenters. The highest BCUT2D eigenvalue weighted by atomic mass is 16.5. The minimum absolute atomic E-state index is 0.0774. The highest BCUT2D eigenvalue weighted by Gasteiger charge is 2.14. The Morgan fingerprint density at radius 2 is 2.10 bits per heavy atom. The second kappa shape index (κ2) is 6.04. The van der Waals surface area contributed by atoms with Gasteiger partial charge in [-0.05, 0) is 25.1 Å². The molecule has 0 fully saturated rings. The lowest BCUT2D eigenvalue weighted by Gasteiger charge is -2.07. The van der Waals surface area contributed by atoms with Crippen LogP contribution >= 0.6 is 0 Å². The van der Waals surface area contributed by atoms with E-state index in [-0.39, 0.29) is 12.4 Å². The summed E-state index contributed by atoms with van der Waals surface area (Å²) < 4.78 is 10.7. The molecular weight excluding hydrogens is 276 g/mol. The number of nitrogens with zero attached hydrogens (tertiary/aromatic N) is 3. The van der Waals surface area contributed by atoms with Gasteiger partial charge < -0.3 is 15.2 Å². The quantitative estimate of drug-likeness (QED) is 0.655. The fourth-order valence-corrected chi connectivity index (χ4v) is 1.67. The van der Waals surface area contributed by atoms with Crippen LogP contribution in [0.4, 0.5) is 5.69 Å². The minimum atomic E-state index is -0.643. The van der Waals surface area contributed by atoms with E-state index in [1.54, 1.807) is 19.1 Å². The molecule has 0 spiro atoms. The molecule has 21 heavy (non-hydrogen) atoms. The molecular formula is C13H14N4O4. The number of hydrogen-bond donors (Lipinski definition) is 1. The summed E-state index contributed by atoms with van der Waals surface area (Å²) in [5.41, 5.74) is 7.03. The topological polar surface area (TPSA) is 109 Å². The van der Waals surface area contributed by atoms with Crippen molar-refractivity contribution in [1.82, 2.24) is 14.8 Å². The lowest BCUT2D eigenvalue weighted by Crippen LogP contribution is -2.08. The van der Waals surface area contributed by atoms with Crippen LogP contribution in [0.1, 0.15) is 27.9 Å². The van der Waals surface area contributed by atoms with Crippen LogP contribution in [-0.2, 0) is 9.47 Å². The monoisotopic (exact) mass is 290 g/mol. The normalized spacial score (nSPS) is 10.2. The van der Waals surface area contributed by atoms with Crippen molar-refractivity contribution in [3.05, 3.63) is 35.9 Å². The zero-order valence-electron chi connectivity index (χ0n) is 11.6. The van der Waals surface area contributed by atoms with E-state index in [1.807, 2.05) is 0 Å². The average Bonchev–Trinajstić information content (AvgIpc) is 2.96. The van der Waals surface area contributed by atoms with Gasteiger partial charge in [0.2, 0.25) is 0 Å². The van der Waals surface area contributed by atoms with E-state index in [0.717, 1.165) is 0 Å². The number of nitrogen functional groups attached to an aromatic ring is 1. The Hall–Kier alpha value is -2.90. The first-order chi connectivity index (χ1) is 10.1. The van der Waals surface area contributed by atoms with Crippen LogP contribution in [0.25, 0.3) is 5.69 Å². The minimum Gasteiger partial charge on any atom is -0.463 e. The summed E-state index contributed by atoms with van der Waals surface area (Å²) in [4.78, 5) is 26.7. The standard InChI is InChI=1S/C13H14N4O4/c1-3-21-12(18)8-4-5-10(9(14)6-8)17-7-15-11(16-17)13(19)20-2/h4-7H,3,14H2,1-2H3. The first-order valence-corrected chi connectivity index (χ1v) is 6.13. The van der Waals surface area contributed by atoms with Crippen LogP contribution in [0.15, 0.2) is 24.5 Å². The second-order valence-corrected chi connectivity index (χ2v) is 4.00. The van der Waals surface area contributed by atoms with E-state index in [4.69, 9.17) is 10.5 Å². The van der Waals surface area contributed by atoms with Crippen molar-refractivity contribution < 1.29 is 19.1 Å². The number of carbonyl (C=O) groups is 2. The molecule has 1 aromatic carbocycles. The van der Waals surface area contributed by atoms with Gasteiger partial charge in [-0.3, -0.25) is 0 Å². The smallest absolute Gasteiger partial charge is 0.377 e. The molecule has 0 aliphatic carbocycles. The number of rotatable bonds is 4. The number of methoxy groups -OCH3 is 1. The number of benzene rings is 1. The highest BCUT2D eigenvalue weighted by molar-refractivity contribution is 5.91. The SMILES string of the molecule is CCOC(=O)c1ccc(-n2cnc(C(=O)OC)n2)c(N)c1. The molecule has 0 saturated heterocycles. The molecule has 2 aromatic rings. The van der Waals surface area contributed by atoms with Crippen LogP contribution in [0.3, 0.4) is 0 Å². The van der Waals surface area contributed by atoms with Crippen molar-refractivity contribution in [1.29, 1.82) is 0 Å². The molecule has 0 radical (unpaired) electrons. The molecule has 110 valence electrons. The summed E-state index contributed by atoms with van der Waals surface area (Å²) in [5.74, 6) is -1.17. The van der Waals surface area contributed by atoms with E-state index >= 15 is 0 Å². The summed E-state index contributed by atoms with van der Waals surface area (Å²) in [5, 5.41) is 3.96. The van der Waals surface area contributed by atoms with Gasteiger partial charge in [-0.1, -0.05) is 0 Å². The zero-order valence-corrected chi connectivity index (χ0v) is 11.6. The first-order valence-electron chi connectivity index (χ1n) is 6.13. The Morgan fingerprint density at radius 1 is 1.33 bits per heavy atom. The van der Waals surface area contributed by atoms with E-state index in [1.165, 1.54) is 24.2 Å². The summed E-state index contributed by atoms with van der Waals surface area (Å²) in [6, 6.07) is 4.63. The van der Waals surface area contributed by atoms with Crippen LogP contribution < -0.4 is 5.73 Å². The lowest BCUT2D eigenvalue weighted by atomic mass is 10.2. The molecule has 8 heteroatoms. The number of hydrogen-bond acceptors (Lipinski definition) is 7. The molecule has 0 amide bonds. The van der Waals surface area contributed by atoms with Gasteiger partial charge >= 0.3 is 11.9 Å². The zero-order chi connectivity index (χ0) is 15.4. The fraction of sp³-hybridized carbons (Fsp3) is 0.231. The van der Waals surface area contributed by atoms with Crippen molar-refractivity contribution in [2.24, 2.45) is 0 Å². The van der Waals surface area contributed by atoms with Gasteiger partial charge in [-0.25, -0.2) is 19.3 Å². The number of carbonyl (C=O) groups excluding carboxylic acids is 2. The third-order valence-corrected chi connectivity index (χ3v) is 2.65. The van der Waals surface area contributed by atoms with Crippen molar-refractivity contribution in [3.8, 4) is 5.69 Å². The van der Waals surface area contributed by atoms with Crippen molar-refractivity contribution in [2.45, 2.75) is 6.92 Å². The van der Waals surface area contributed by atoms with Gasteiger partial charge in [-0.15, -0.1) is 5.10 Å². The number of anilines is 1. The van der Waals surface area contributed by atoms with Crippen LogP contribution in [0.5, 0.6) is 0 Å². The maximum absolute atomic E-state index is 11.6. The fourth-order valence-electron chi connectivity index (χ4n) is 1.67. The van der Waals surface area contributed by atoms with Crippen LogP contribution in [0, 0.1) is 0 Å². The Bertz CT molecular complexity index is 681. The second-order valence-electron chi connectivity index (χ2n) is 4.00. The predicted octanol–water partition coefficient (Wildman–Crippen LogP) is 0.813. The van der Waals surface area contributed by atoms with Gasteiger partial charge in [0, 0.05) is 0 Å². The molecule has 0 saturated carbocycles. The predicted molar refractivity (Wildman–Crippen MR) is 73.1 cm³/mol. The summed E-state index contributed by atoms with van der Waals surface area (Å²) >= 11 is 0. The van der Waals surface area contributed by atoms with Crippen molar-refractivity contribution in [3.63, 3.8) is 0 Å². The van der Waals surface area contributed by atoms with Gasteiger partial charge in [0.1, 0.15) is 6.33 Å². The average molecular weight is 290 g/mol. The maximum atomic E-state index is 11.6. The van der Waals surface area contributed by atoms with Crippen molar-refractivity contribution >= 4 is 17.6 Å². The first kappa shape index (κ1) is 14.5. The summed E-state index contributed by atoms with van der Waals surface area (Å²) in [7, 11) is 1.24. The van der Waals surface area contributed by atoms with E-state index in [0.29, 0.717) is 16.9 Å². The third kappa shape index (κ3) is 2.99. The molecule has 2 N–H and O–H groups in total.